The van der Waals surface area contributed by atoms with Gasteiger partial charge in [-0.05, 0) is 24.8 Å². The first-order valence-corrected chi connectivity index (χ1v) is 10.5. The Morgan fingerprint density at radius 2 is 2.06 bits per heavy atom. The fourth-order valence-corrected chi connectivity index (χ4v) is 4.22. The van der Waals surface area contributed by atoms with Crippen molar-refractivity contribution in [1.82, 2.24) is 9.97 Å². The third-order valence-electron chi connectivity index (χ3n) is 5.94. The van der Waals surface area contributed by atoms with E-state index in [9.17, 15) is 14.9 Å². The van der Waals surface area contributed by atoms with Crippen LogP contribution in [0.25, 0.3) is 0 Å². The fraction of sp³-hybridized carbons (Fsp3) is 0.391. The van der Waals surface area contributed by atoms with Crippen LogP contribution >= 0.6 is 0 Å². The topological polar surface area (TPSA) is 111 Å². The first-order valence-electron chi connectivity index (χ1n) is 10.5. The van der Waals surface area contributed by atoms with E-state index in [2.05, 4.69) is 34.9 Å². The number of H-pyrrole nitrogens is 1. The maximum Gasteiger partial charge on any atom is 0.258 e. The van der Waals surface area contributed by atoms with Crippen molar-refractivity contribution in [1.29, 1.82) is 5.26 Å². The molecule has 2 aliphatic rings. The number of anilines is 2. The summed E-state index contributed by atoms with van der Waals surface area (Å²) in [6.45, 7) is 7.71. The summed E-state index contributed by atoms with van der Waals surface area (Å²) < 4.78 is 5.75. The number of fused-ring (bicyclic) bond motifs is 1. The Hall–Kier alpha value is -3.60. The molecule has 0 radical (unpaired) electrons. The first kappa shape index (κ1) is 20.7. The van der Waals surface area contributed by atoms with Gasteiger partial charge in [-0.2, -0.15) is 10.2 Å². The number of nitrogens with zero attached hydrogens (tertiary/aromatic N) is 3. The van der Waals surface area contributed by atoms with Crippen LogP contribution in [0.15, 0.2) is 41.7 Å². The van der Waals surface area contributed by atoms with Crippen LogP contribution in [0.5, 0.6) is 5.75 Å². The largest absolute Gasteiger partial charge is 0.489 e. The SMILES string of the molecule is C=CCOc1ccccc1C1c2c(nc(N3CCC(C)CC3)[nH]c2=O)NC(=O)C1C#N. The van der Waals surface area contributed by atoms with Gasteiger partial charge in [0.25, 0.3) is 5.56 Å². The van der Waals surface area contributed by atoms with Gasteiger partial charge in [0.05, 0.1) is 11.6 Å². The van der Waals surface area contributed by atoms with Gasteiger partial charge < -0.3 is 15.0 Å². The van der Waals surface area contributed by atoms with Crippen molar-refractivity contribution in [3.05, 3.63) is 58.4 Å². The molecule has 160 valence electrons. The number of benzene rings is 1. The van der Waals surface area contributed by atoms with Gasteiger partial charge in [-0.3, -0.25) is 14.6 Å². The van der Waals surface area contributed by atoms with E-state index in [1.165, 1.54) is 0 Å². The van der Waals surface area contributed by atoms with E-state index in [4.69, 9.17) is 4.74 Å². The number of piperidine rings is 1. The lowest BCUT2D eigenvalue weighted by Crippen LogP contribution is -2.40. The minimum absolute atomic E-state index is 0.206. The van der Waals surface area contributed by atoms with Crippen molar-refractivity contribution in [2.75, 3.05) is 29.9 Å². The highest BCUT2D eigenvalue weighted by molar-refractivity contribution is 5.98. The third kappa shape index (κ3) is 3.91. The number of para-hydroxylation sites is 1. The van der Waals surface area contributed by atoms with Crippen LogP contribution in [0.1, 0.15) is 36.8 Å². The Morgan fingerprint density at radius 1 is 1.32 bits per heavy atom. The minimum atomic E-state index is -1.08. The molecule has 8 heteroatoms. The van der Waals surface area contributed by atoms with E-state index < -0.39 is 17.7 Å². The lowest BCUT2D eigenvalue weighted by Gasteiger charge is -2.33. The number of nitriles is 1. The first-order chi connectivity index (χ1) is 15.0. The lowest BCUT2D eigenvalue weighted by atomic mass is 9.79. The Balaban J connectivity index is 1.81. The molecule has 3 heterocycles. The average molecular weight is 419 g/mol. The van der Waals surface area contributed by atoms with Crippen LogP contribution in [-0.2, 0) is 4.79 Å². The van der Waals surface area contributed by atoms with Gasteiger partial charge in [-0.15, -0.1) is 0 Å². The molecule has 2 unspecified atom stereocenters. The summed E-state index contributed by atoms with van der Waals surface area (Å²) in [4.78, 5) is 35.5. The van der Waals surface area contributed by atoms with Gasteiger partial charge >= 0.3 is 0 Å². The molecule has 1 fully saturated rings. The van der Waals surface area contributed by atoms with Crippen LogP contribution in [0.4, 0.5) is 11.8 Å². The summed E-state index contributed by atoms with van der Waals surface area (Å²) in [6, 6.07) is 9.18. The predicted octanol–water partition coefficient (Wildman–Crippen LogP) is 2.79. The Labute approximate surface area is 180 Å². The summed E-state index contributed by atoms with van der Waals surface area (Å²) >= 11 is 0. The Morgan fingerprint density at radius 3 is 2.77 bits per heavy atom. The van der Waals surface area contributed by atoms with Crippen molar-refractivity contribution < 1.29 is 9.53 Å². The van der Waals surface area contributed by atoms with Crippen molar-refractivity contribution in [3.63, 3.8) is 0 Å². The second-order valence-electron chi connectivity index (χ2n) is 8.03. The smallest absolute Gasteiger partial charge is 0.258 e. The molecule has 1 aromatic heterocycles. The molecule has 0 aliphatic carbocycles. The molecule has 2 atom stereocenters. The predicted molar refractivity (Wildman–Crippen MR) is 117 cm³/mol. The van der Waals surface area contributed by atoms with E-state index in [0.29, 0.717) is 23.2 Å². The van der Waals surface area contributed by atoms with Crippen LogP contribution in [0, 0.1) is 23.2 Å². The zero-order valence-corrected chi connectivity index (χ0v) is 17.4. The maximum atomic E-state index is 13.2. The molecule has 1 amide bonds. The van der Waals surface area contributed by atoms with Crippen molar-refractivity contribution in [2.24, 2.45) is 11.8 Å². The number of amides is 1. The Bertz CT molecular complexity index is 1100. The minimum Gasteiger partial charge on any atom is -0.489 e. The quantitative estimate of drug-likeness (QED) is 0.721. The molecule has 31 heavy (non-hydrogen) atoms. The van der Waals surface area contributed by atoms with E-state index in [1.54, 1.807) is 30.3 Å². The number of ether oxygens (including phenoxy) is 1. The van der Waals surface area contributed by atoms with Gasteiger partial charge in [0.2, 0.25) is 11.9 Å². The summed E-state index contributed by atoms with van der Waals surface area (Å²) in [5.74, 6) is -0.560. The molecule has 4 rings (SSSR count). The number of aromatic amines is 1. The molecule has 0 saturated carbocycles. The number of nitrogens with one attached hydrogen (secondary N) is 2. The summed E-state index contributed by atoms with van der Waals surface area (Å²) in [6.07, 6.45) is 3.64. The monoisotopic (exact) mass is 419 g/mol. The third-order valence-corrected chi connectivity index (χ3v) is 5.94. The van der Waals surface area contributed by atoms with Crippen LogP contribution in [0.3, 0.4) is 0 Å². The molecule has 2 aromatic rings. The summed E-state index contributed by atoms with van der Waals surface area (Å²) in [5, 5.41) is 12.4. The Kier molecular flexibility index (Phi) is 5.76. The molecule has 2 N–H and O–H groups in total. The summed E-state index contributed by atoms with van der Waals surface area (Å²) in [7, 11) is 0. The van der Waals surface area contributed by atoms with Gasteiger partial charge in [0.1, 0.15) is 24.1 Å². The highest BCUT2D eigenvalue weighted by Crippen LogP contribution is 2.41. The van der Waals surface area contributed by atoms with Crippen LogP contribution in [-0.4, -0.2) is 35.6 Å². The number of hydrogen-bond acceptors (Lipinski definition) is 6. The molecule has 8 nitrogen and oxygen atoms in total. The van der Waals surface area contributed by atoms with Crippen LogP contribution < -0.4 is 20.5 Å². The van der Waals surface area contributed by atoms with Crippen molar-refractivity contribution in [2.45, 2.75) is 25.7 Å². The number of rotatable bonds is 5. The highest BCUT2D eigenvalue weighted by atomic mass is 16.5. The van der Waals surface area contributed by atoms with E-state index in [1.807, 2.05) is 4.90 Å². The zero-order valence-electron chi connectivity index (χ0n) is 17.4. The van der Waals surface area contributed by atoms with Gasteiger partial charge in [-0.1, -0.05) is 37.8 Å². The number of carbonyl (C=O) groups is 1. The molecule has 2 aliphatic heterocycles. The standard InChI is InChI=1S/C23H25N5O3/c1-3-12-31-17-7-5-4-6-15(17)18-16(13-24)21(29)25-20-19(18)22(30)27-23(26-20)28-10-8-14(2)9-11-28/h3-7,14,16,18H,1,8-12H2,2H3,(H2,25,26,27,29,30). The fourth-order valence-electron chi connectivity index (χ4n) is 4.22. The lowest BCUT2D eigenvalue weighted by molar-refractivity contribution is -0.119. The highest BCUT2D eigenvalue weighted by Gasteiger charge is 2.41. The van der Waals surface area contributed by atoms with E-state index in [0.717, 1.165) is 25.9 Å². The normalized spacial score (nSPS) is 21.0. The van der Waals surface area contributed by atoms with E-state index >= 15 is 0 Å². The van der Waals surface area contributed by atoms with Gasteiger partial charge in [0, 0.05) is 24.6 Å². The molecule has 1 saturated heterocycles. The molecule has 0 spiro atoms. The van der Waals surface area contributed by atoms with Crippen LogP contribution in [0.2, 0.25) is 0 Å². The van der Waals surface area contributed by atoms with Gasteiger partial charge in [0.15, 0.2) is 0 Å². The molecule has 1 aromatic carbocycles. The number of hydrogen-bond donors (Lipinski definition) is 2. The second kappa shape index (κ2) is 8.64. The molecular formula is C23H25N5O3. The maximum absolute atomic E-state index is 13.2. The van der Waals surface area contributed by atoms with Crippen molar-refractivity contribution in [3.8, 4) is 11.8 Å². The van der Waals surface area contributed by atoms with Gasteiger partial charge in [-0.25, -0.2) is 0 Å². The van der Waals surface area contributed by atoms with E-state index in [-0.39, 0.29) is 23.5 Å². The second-order valence-corrected chi connectivity index (χ2v) is 8.03. The molecule has 0 bridgehead atoms. The van der Waals surface area contributed by atoms with Crippen molar-refractivity contribution >= 4 is 17.7 Å². The average Bonchev–Trinajstić information content (AvgIpc) is 2.77. The number of aromatic nitrogens is 2. The molecular weight excluding hydrogens is 394 g/mol. The number of carbonyl (C=O) groups excluding carboxylic acids is 1. The summed E-state index contributed by atoms with van der Waals surface area (Å²) in [5.41, 5.74) is 0.510. The zero-order chi connectivity index (χ0) is 22.0.